The molecule has 0 radical (unpaired) electrons. The van der Waals surface area contributed by atoms with Crippen molar-refractivity contribution in [3.63, 3.8) is 0 Å². The van der Waals surface area contributed by atoms with Crippen molar-refractivity contribution in [1.82, 2.24) is 9.88 Å². The molecule has 1 saturated carbocycles. The molecule has 0 aromatic carbocycles. The summed E-state index contributed by atoms with van der Waals surface area (Å²) in [6.07, 6.45) is 8.24. The molecule has 0 N–H and O–H groups in total. The summed E-state index contributed by atoms with van der Waals surface area (Å²) < 4.78 is 5.70. The Morgan fingerprint density at radius 1 is 1.24 bits per heavy atom. The molecule has 5 nitrogen and oxygen atoms in total. The lowest BCUT2D eigenvalue weighted by atomic mass is 9.83. The van der Waals surface area contributed by atoms with E-state index in [0.29, 0.717) is 5.15 Å². The van der Waals surface area contributed by atoms with Gasteiger partial charge in [-0.2, -0.15) is 0 Å². The molecule has 1 aliphatic carbocycles. The van der Waals surface area contributed by atoms with Gasteiger partial charge in [-0.25, -0.2) is 4.98 Å². The Labute approximate surface area is 154 Å². The van der Waals surface area contributed by atoms with E-state index in [0.717, 1.165) is 64.1 Å². The SMILES string of the molecule is O=C1O[C@@H](CCN2CCN(c3ccnc(Cl)c3)CC2)CC12CCCC2. The molecule has 0 bridgehead atoms. The quantitative estimate of drug-likeness (QED) is 0.607. The van der Waals surface area contributed by atoms with Gasteiger partial charge in [0.25, 0.3) is 0 Å². The second kappa shape index (κ2) is 7.12. The van der Waals surface area contributed by atoms with Gasteiger partial charge in [-0.05, 0) is 31.4 Å². The Morgan fingerprint density at radius 3 is 2.72 bits per heavy atom. The zero-order valence-corrected chi connectivity index (χ0v) is 15.4. The Bertz CT molecular complexity index is 625. The van der Waals surface area contributed by atoms with Crippen LogP contribution in [0.2, 0.25) is 5.15 Å². The summed E-state index contributed by atoms with van der Waals surface area (Å²) in [7, 11) is 0. The predicted octanol–water partition coefficient (Wildman–Crippen LogP) is 3.12. The van der Waals surface area contributed by atoms with E-state index in [4.69, 9.17) is 16.3 Å². The number of esters is 1. The molecular weight excluding hydrogens is 338 g/mol. The number of carbonyl (C=O) groups excluding carboxylic acids is 1. The van der Waals surface area contributed by atoms with E-state index in [1.54, 1.807) is 6.20 Å². The van der Waals surface area contributed by atoms with Crippen molar-refractivity contribution in [3.05, 3.63) is 23.5 Å². The van der Waals surface area contributed by atoms with Crippen molar-refractivity contribution in [2.75, 3.05) is 37.6 Å². The summed E-state index contributed by atoms with van der Waals surface area (Å²) >= 11 is 5.99. The number of cyclic esters (lactones) is 1. The summed E-state index contributed by atoms with van der Waals surface area (Å²) in [4.78, 5) is 21.1. The van der Waals surface area contributed by atoms with E-state index in [1.807, 2.05) is 12.1 Å². The smallest absolute Gasteiger partial charge is 0.312 e. The standard InChI is InChI=1S/C19H26ClN3O2/c20-17-13-15(3-7-21-17)23-11-9-22(10-12-23)8-4-16-14-19(18(24)25-16)5-1-2-6-19/h3,7,13,16H,1-2,4-6,8-12,14H2/t16-/m0/s1. The summed E-state index contributed by atoms with van der Waals surface area (Å²) in [5.74, 6) is 0.0781. The number of rotatable bonds is 4. The van der Waals surface area contributed by atoms with Crippen molar-refractivity contribution in [3.8, 4) is 0 Å². The van der Waals surface area contributed by atoms with Crippen LogP contribution < -0.4 is 4.90 Å². The molecule has 3 fully saturated rings. The van der Waals surface area contributed by atoms with Crippen molar-refractivity contribution >= 4 is 23.3 Å². The van der Waals surface area contributed by atoms with Crippen LogP contribution in [0.25, 0.3) is 0 Å². The fourth-order valence-electron chi connectivity index (χ4n) is 4.60. The van der Waals surface area contributed by atoms with E-state index in [2.05, 4.69) is 14.8 Å². The van der Waals surface area contributed by atoms with Crippen LogP contribution >= 0.6 is 11.6 Å². The second-order valence-corrected chi connectivity index (χ2v) is 8.06. The molecule has 4 rings (SSSR count). The average Bonchev–Trinajstić information content (AvgIpc) is 3.21. The first-order valence-corrected chi connectivity index (χ1v) is 9.82. The first-order valence-electron chi connectivity index (χ1n) is 9.45. The van der Waals surface area contributed by atoms with Gasteiger partial charge in [0, 0.05) is 51.0 Å². The van der Waals surface area contributed by atoms with Gasteiger partial charge in [-0.1, -0.05) is 24.4 Å². The molecule has 136 valence electrons. The Kier molecular flexibility index (Phi) is 4.87. The normalized spacial score (nSPS) is 26.4. The minimum absolute atomic E-state index is 0.0781. The number of nitrogens with zero attached hydrogens (tertiary/aromatic N) is 3. The van der Waals surface area contributed by atoms with Crippen LogP contribution in [0.5, 0.6) is 0 Å². The van der Waals surface area contributed by atoms with E-state index in [9.17, 15) is 4.79 Å². The first kappa shape index (κ1) is 17.1. The summed E-state index contributed by atoms with van der Waals surface area (Å²) in [5.41, 5.74) is 1.02. The highest BCUT2D eigenvalue weighted by Gasteiger charge is 2.50. The highest BCUT2D eigenvalue weighted by Crippen LogP contribution is 2.48. The number of anilines is 1. The summed E-state index contributed by atoms with van der Waals surface area (Å²) in [6, 6.07) is 3.94. The van der Waals surface area contributed by atoms with Crippen LogP contribution in [0.3, 0.4) is 0 Å². The van der Waals surface area contributed by atoms with E-state index >= 15 is 0 Å². The highest BCUT2D eigenvalue weighted by molar-refractivity contribution is 6.29. The van der Waals surface area contributed by atoms with Gasteiger partial charge in [0.05, 0.1) is 5.41 Å². The number of hydrogen-bond acceptors (Lipinski definition) is 5. The van der Waals surface area contributed by atoms with Crippen LogP contribution in [-0.4, -0.2) is 54.7 Å². The van der Waals surface area contributed by atoms with E-state index in [1.165, 1.54) is 12.8 Å². The van der Waals surface area contributed by atoms with Crippen LogP contribution in [0.1, 0.15) is 38.5 Å². The molecule has 6 heteroatoms. The zero-order valence-electron chi connectivity index (χ0n) is 14.6. The lowest BCUT2D eigenvalue weighted by Crippen LogP contribution is -2.47. The van der Waals surface area contributed by atoms with Crippen molar-refractivity contribution in [2.45, 2.75) is 44.6 Å². The molecular formula is C19H26ClN3O2. The van der Waals surface area contributed by atoms with Gasteiger partial charge in [-0.3, -0.25) is 9.69 Å². The van der Waals surface area contributed by atoms with Crippen molar-refractivity contribution in [1.29, 1.82) is 0 Å². The molecule has 2 saturated heterocycles. The van der Waals surface area contributed by atoms with Crippen molar-refractivity contribution in [2.24, 2.45) is 5.41 Å². The third-order valence-electron chi connectivity index (χ3n) is 6.10. The number of carbonyl (C=O) groups is 1. The van der Waals surface area contributed by atoms with E-state index in [-0.39, 0.29) is 17.5 Å². The third-order valence-corrected chi connectivity index (χ3v) is 6.31. The molecule has 1 spiro atoms. The van der Waals surface area contributed by atoms with Crippen molar-refractivity contribution < 1.29 is 9.53 Å². The lowest BCUT2D eigenvalue weighted by molar-refractivity contribution is -0.148. The van der Waals surface area contributed by atoms with Gasteiger partial charge >= 0.3 is 5.97 Å². The molecule has 0 unspecified atom stereocenters. The minimum atomic E-state index is -0.121. The lowest BCUT2D eigenvalue weighted by Gasteiger charge is -2.36. The molecule has 3 heterocycles. The topological polar surface area (TPSA) is 45.7 Å². The minimum Gasteiger partial charge on any atom is -0.462 e. The second-order valence-electron chi connectivity index (χ2n) is 7.67. The monoisotopic (exact) mass is 363 g/mol. The number of hydrogen-bond donors (Lipinski definition) is 0. The third kappa shape index (κ3) is 3.63. The number of ether oxygens (including phenoxy) is 1. The Hall–Kier alpha value is -1.33. The summed E-state index contributed by atoms with van der Waals surface area (Å²) in [6.45, 7) is 5.07. The summed E-state index contributed by atoms with van der Waals surface area (Å²) in [5, 5.41) is 0.545. The molecule has 1 aromatic rings. The average molecular weight is 364 g/mol. The maximum absolute atomic E-state index is 12.2. The van der Waals surface area contributed by atoms with Crippen LogP contribution in [0.15, 0.2) is 18.3 Å². The molecule has 1 aromatic heterocycles. The van der Waals surface area contributed by atoms with Crippen LogP contribution in [0, 0.1) is 5.41 Å². The zero-order chi connectivity index (χ0) is 17.3. The van der Waals surface area contributed by atoms with Crippen LogP contribution in [-0.2, 0) is 9.53 Å². The fraction of sp³-hybridized carbons (Fsp3) is 0.684. The van der Waals surface area contributed by atoms with Gasteiger partial charge in [-0.15, -0.1) is 0 Å². The Morgan fingerprint density at radius 2 is 2.00 bits per heavy atom. The maximum atomic E-state index is 12.2. The van der Waals surface area contributed by atoms with Crippen LogP contribution in [0.4, 0.5) is 5.69 Å². The number of piperazine rings is 1. The number of aromatic nitrogens is 1. The molecule has 25 heavy (non-hydrogen) atoms. The fourth-order valence-corrected chi connectivity index (χ4v) is 4.77. The van der Waals surface area contributed by atoms with Gasteiger partial charge in [0.1, 0.15) is 11.3 Å². The van der Waals surface area contributed by atoms with Gasteiger partial charge in [0.2, 0.25) is 0 Å². The molecule has 1 atom stereocenters. The Balaban J connectivity index is 1.24. The highest BCUT2D eigenvalue weighted by atomic mass is 35.5. The molecule has 3 aliphatic rings. The van der Waals surface area contributed by atoms with Gasteiger partial charge in [0.15, 0.2) is 0 Å². The largest absolute Gasteiger partial charge is 0.462 e. The first-order chi connectivity index (χ1) is 12.1. The number of pyridine rings is 1. The predicted molar refractivity (Wildman–Crippen MR) is 97.9 cm³/mol. The molecule has 2 aliphatic heterocycles. The molecule has 0 amide bonds. The number of halogens is 1. The van der Waals surface area contributed by atoms with Gasteiger partial charge < -0.3 is 9.64 Å². The maximum Gasteiger partial charge on any atom is 0.312 e. The van der Waals surface area contributed by atoms with E-state index < -0.39 is 0 Å².